The van der Waals surface area contributed by atoms with Crippen molar-refractivity contribution < 1.29 is 24.5 Å². The first-order chi connectivity index (χ1) is 16.5. The Morgan fingerprint density at radius 1 is 1.26 bits per heavy atom. The maximum Gasteiger partial charge on any atom is 0.302 e. The molecule has 0 saturated heterocycles. The summed E-state index contributed by atoms with van der Waals surface area (Å²) in [6, 6.07) is 0. The van der Waals surface area contributed by atoms with Crippen LogP contribution >= 0.6 is 0 Å². The Balaban J connectivity index is 1.68. The standard InChI is InChI=1S/C30H44O5/c1-17(2)18(3)7-8-19(4)24-11-12-25-23-10-9-21-13-22(33)14-27(35-20(5)32)29(21,6)28(23)26(34)15-30(24,25)16-31/h7-9,16-17,19,22-28,33-34H,3,10-15H2,1-2,4-6H3. The smallest absolute Gasteiger partial charge is 0.302 e. The van der Waals surface area contributed by atoms with Crippen LogP contribution in [0.5, 0.6) is 0 Å². The fourth-order valence-electron chi connectivity index (χ4n) is 8.48. The van der Waals surface area contributed by atoms with E-state index in [1.807, 2.05) is 0 Å². The van der Waals surface area contributed by atoms with E-state index in [1.54, 1.807) is 0 Å². The highest BCUT2D eigenvalue weighted by atomic mass is 16.5. The fraction of sp³-hybridized carbons (Fsp3) is 0.733. The highest BCUT2D eigenvalue weighted by molar-refractivity contribution is 5.66. The summed E-state index contributed by atoms with van der Waals surface area (Å²) in [4.78, 5) is 24.9. The van der Waals surface area contributed by atoms with Gasteiger partial charge in [0.25, 0.3) is 0 Å². The Hall–Kier alpha value is -1.72. The number of ether oxygens (including phenoxy) is 1. The summed E-state index contributed by atoms with van der Waals surface area (Å²) in [7, 11) is 0. The molecule has 10 unspecified atom stereocenters. The van der Waals surface area contributed by atoms with Gasteiger partial charge in [-0.15, -0.1) is 0 Å². The molecule has 2 N–H and O–H groups in total. The lowest BCUT2D eigenvalue weighted by molar-refractivity contribution is -0.183. The van der Waals surface area contributed by atoms with Gasteiger partial charge >= 0.3 is 5.97 Å². The Morgan fingerprint density at radius 3 is 2.60 bits per heavy atom. The van der Waals surface area contributed by atoms with E-state index in [9.17, 15) is 19.8 Å². The van der Waals surface area contributed by atoms with Crippen molar-refractivity contribution in [3.8, 4) is 0 Å². The lowest BCUT2D eigenvalue weighted by atomic mass is 9.45. The molecule has 0 heterocycles. The first kappa shape index (κ1) is 26.3. The SMILES string of the molecule is C=C(C=CC(C)C1CCC2C3CC=C4CC(O)CC(OC(C)=O)C4(C)C3C(O)CC12C=O)C(C)C. The highest BCUT2D eigenvalue weighted by Crippen LogP contribution is 2.67. The van der Waals surface area contributed by atoms with Crippen LogP contribution in [0, 0.1) is 46.3 Å². The summed E-state index contributed by atoms with van der Waals surface area (Å²) in [6.07, 6.45) is 10.2. The second-order valence-corrected chi connectivity index (χ2v) is 12.4. The molecule has 194 valence electrons. The largest absolute Gasteiger partial charge is 0.462 e. The summed E-state index contributed by atoms with van der Waals surface area (Å²) < 4.78 is 5.79. The molecule has 4 aliphatic carbocycles. The van der Waals surface area contributed by atoms with Crippen molar-refractivity contribution in [3.05, 3.63) is 36.0 Å². The normalized spacial score (nSPS) is 43.7. The van der Waals surface area contributed by atoms with Crippen LogP contribution < -0.4 is 0 Å². The predicted octanol–water partition coefficient (Wildman–Crippen LogP) is 5.02. The number of aliphatic hydroxyl groups excluding tert-OH is 2. The maximum atomic E-state index is 12.9. The number of carbonyl (C=O) groups excluding carboxylic acids is 2. The van der Waals surface area contributed by atoms with Crippen molar-refractivity contribution in [2.75, 3.05) is 0 Å². The number of aldehydes is 1. The molecule has 4 rings (SSSR count). The topological polar surface area (TPSA) is 83.8 Å². The van der Waals surface area contributed by atoms with Crippen LogP contribution in [0.3, 0.4) is 0 Å². The number of esters is 1. The molecule has 5 heteroatoms. The minimum atomic E-state index is -0.661. The number of hydrogen-bond donors (Lipinski definition) is 2. The van der Waals surface area contributed by atoms with Crippen LogP contribution in [0.4, 0.5) is 0 Å². The van der Waals surface area contributed by atoms with Gasteiger partial charge in [-0.25, -0.2) is 0 Å². The second-order valence-electron chi connectivity index (χ2n) is 12.4. The van der Waals surface area contributed by atoms with Gasteiger partial charge in [0.2, 0.25) is 0 Å². The molecule has 0 aliphatic heterocycles. The maximum absolute atomic E-state index is 12.9. The van der Waals surface area contributed by atoms with E-state index in [1.165, 1.54) is 13.2 Å². The summed E-state index contributed by atoms with van der Waals surface area (Å²) in [6.45, 7) is 14.1. The van der Waals surface area contributed by atoms with Crippen molar-refractivity contribution in [1.29, 1.82) is 0 Å². The molecule has 4 aliphatic rings. The van der Waals surface area contributed by atoms with Gasteiger partial charge in [-0.2, -0.15) is 0 Å². The Kier molecular flexibility index (Phi) is 7.25. The van der Waals surface area contributed by atoms with Gasteiger partial charge in [-0.05, 0) is 61.7 Å². The van der Waals surface area contributed by atoms with Gasteiger partial charge in [-0.1, -0.05) is 63.6 Å². The first-order valence-corrected chi connectivity index (χ1v) is 13.5. The molecule has 5 nitrogen and oxygen atoms in total. The number of allylic oxidation sites excluding steroid dienone is 4. The molecular weight excluding hydrogens is 440 g/mol. The summed E-state index contributed by atoms with van der Waals surface area (Å²) in [5.74, 6) is 0.683. The zero-order valence-corrected chi connectivity index (χ0v) is 22.1. The zero-order chi connectivity index (χ0) is 25.7. The van der Waals surface area contributed by atoms with Gasteiger partial charge < -0.3 is 19.7 Å². The van der Waals surface area contributed by atoms with Gasteiger partial charge in [0.1, 0.15) is 12.4 Å². The molecule has 0 aromatic heterocycles. The third-order valence-electron chi connectivity index (χ3n) is 10.3. The molecule has 0 radical (unpaired) electrons. The first-order valence-electron chi connectivity index (χ1n) is 13.5. The van der Waals surface area contributed by atoms with Gasteiger partial charge in [0.05, 0.1) is 12.2 Å². The summed E-state index contributed by atoms with van der Waals surface area (Å²) >= 11 is 0. The Bertz CT molecular complexity index is 918. The lowest BCUT2D eigenvalue weighted by Crippen LogP contribution is -2.61. The quantitative estimate of drug-likeness (QED) is 0.239. The van der Waals surface area contributed by atoms with Gasteiger partial charge in [0, 0.05) is 30.1 Å². The highest BCUT2D eigenvalue weighted by Gasteiger charge is 2.66. The van der Waals surface area contributed by atoms with Gasteiger partial charge in [0.15, 0.2) is 0 Å². The predicted molar refractivity (Wildman–Crippen MR) is 136 cm³/mol. The molecule has 0 aromatic rings. The molecule has 3 fully saturated rings. The minimum Gasteiger partial charge on any atom is -0.462 e. The van der Waals surface area contributed by atoms with Crippen LogP contribution in [-0.4, -0.2) is 40.8 Å². The molecule has 0 aromatic carbocycles. The lowest BCUT2D eigenvalue weighted by Gasteiger charge is -2.60. The number of fused-ring (bicyclic) bond motifs is 5. The average molecular weight is 485 g/mol. The third kappa shape index (κ3) is 4.27. The molecule has 10 atom stereocenters. The minimum absolute atomic E-state index is 0.0947. The molecular formula is C30H44O5. The van der Waals surface area contributed by atoms with E-state index in [2.05, 4.69) is 52.5 Å². The van der Waals surface area contributed by atoms with Gasteiger partial charge in [-0.3, -0.25) is 4.79 Å². The molecule has 3 saturated carbocycles. The fourth-order valence-corrected chi connectivity index (χ4v) is 8.48. The number of rotatable bonds is 6. The number of aliphatic hydroxyl groups is 2. The number of hydrogen-bond acceptors (Lipinski definition) is 5. The van der Waals surface area contributed by atoms with Crippen molar-refractivity contribution in [3.63, 3.8) is 0 Å². The van der Waals surface area contributed by atoms with E-state index in [0.717, 1.165) is 30.4 Å². The van der Waals surface area contributed by atoms with Crippen molar-refractivity contribution >= 4 is 12.3 Å². The number of carbonyl (C=O) groups is 2. The zero-order valence-electron chi connectivity index (χ0n) is 22.1. The monoisotopic (exact) mass is 484 g/mol. The second kappa shape index (κ2) is 9.63. The van der Waals surface area contributed by atoms with Crippen LogP contribution in [0.2, 0.25) is 0 Å². The van der Waals surface area contributed by atoms with E-state index >= 15 is 0 Å². The van der Waals surface area contributed by atoms with E-state index in [4.69, 9.17) is 4.74 Å². The van der Waals surface area contributed by atoms with Crippen molar-refractivity contribution in [2.24, 2.45) is 46.3 Å². The Morgan fingerprint density at radius 2 is 1.97 bits per heavy atom. The van der Waals surface area contributed by atoms with Crippen LogP contribution in [0.1, 0.15) is 73.1 Å². The van der Waals surface area contributed by atoms with Crippen molar-refractivity contribution in [2.45, 2.75) is 91.5 Å². The summed E-state index contributed by atoms with van der Waals surface area (Å²) in [5.41, 5.74) is 1.11. The van der Waals surface area contributed by atoms with E-state index in [0.29, 0.717) is 25.2 Å². The van der Waals surface area contributed by atoms with Crippen LogP contribution in [0.25, 0.3) is 0 Å². The van der Waals surface area contributed by atoms with E-state index < -0.39 is 29.1 Å². The molecule has 35 heavy (non-hydrogen) atoms. The Labute approximate surface area is 210 Å². The van der Waals surface area contributed by atoms with Crippen LogP contribution in [0.15, 0.2) is 36.0 Å². The molecule has 0 bridgehead atoms. The average Bonchev–Trinajstić information content (AvgIpc) is 3.17. The molecule has 0 amide bonds. The third-order valence-corrected chi connectivity index (χ3v) is 10.3. The van der Waals surface area contributed by atoms with Crippen LogP contribution in [-0.2, 0) is 14.3 Å². The summed E-state index contributed by atoms with van der Waals surface area (Å²) in [5, 5.41) is 22.2. The van der Waals surface area contributed by atoms with Crippen molar-refractivity contribution in [1.82, 2.24) is 0 Å². The molecule has 0 spiro atoms. The van der Waals surface area contributed by atoms with E-state index in [-0.39, 0.29) is 35.6 Å².